The number of nitrogens with zero attached hydrogens (tertiary/aromatic N) is 3. The Bertz CT molecular complexity index is 741. The van der Waals surface area contributed by atoms with E-state index in [0.717, 1.165) is 30.7 Å². The summed E-state index contributed by atoms with van der Waals surface area (Å²) in [4.78, 5) is 19.5. The molecule has 0 saturated heterocycles. The van der Waals surface area contributed by atoms with Crippen molar-refractivity contribution in [3.63, 3.8) is 0 Å². The molecule has 0 aliphatic heterocycles. The van der Waals surface area contributed by atoms with Crippen molar-refractivity contribution < 1.29 is 9.53 Å². The molecular formula is C20H28N4O2S. The number of H-pyrrole nitrogens is 1. The van der Waals surface area contributed by atoms with Crippen LogP contribution in [0, 0.1) is 0 Å². The van der Waals surface area contributed by atoms with Crippen LogP contribution in [-0.2, 0) is 4.79 Å². The van der Waals surface area contributed by atoms with Crippen LogP contribution in [0.2, 0.25) is 0 Å². The predicted octanol–water partition coefficient (Wildman–Crippen LogP) is 4.14. The minimum Gasteiger partial charge on any atom is -0.497 e. The van der Waals surface area contributed by atoms with E-state index < -0.39 is 0 Å². The molecule has 1 fully saturated rings. The second-order valence-corrected chi connectivity index (χ2v) is 8.18. The lowest BCUT2D eigenvalue weighted by Gasteiger charge is -2.35. The highest BCUT2D eigenvalue weighted by Crippen LogP contribution is 2.28. The lowest BCUT2D eigenvalue weighted by atomic mass is 9.94. The van der Waals surface area contributed by atoms with Crippen molar-refractivity contribution in [1.82, 2.24) is 20.1 Å². The summed E-state index contributed by atoms with van der Waals surface area (Å²) >= 11 is 1.41. The van der Waals surface area contributed by atoms with E-state index in [2.05, 4.69) is 22.1 Å². The Morgan fingerprint density at radius 2 is 2.00 bits per heavy atom. The number of aromatic amines is 1. The van der Waals surface area contributed by atoms with Crippen LogP contribution >= 0.6 is 11.8 Å². The highest BCUT2D eigenvalue weighted by Gasteiger charge is 2.28. The van der Waals surface area contributed by atoms with Crippen LogP contribution in [0.4, 0.5) is 0 Å². The van der Waals surface area contributed by atoms with Gasteiger partial charge in [-0.3, -0.25) is 9.89 Å². The number of rotatable bonds is 7. The zero-order valence-corrected chi connectivity index (χ0v) is 17.1. The quantitative estimate of drug-likeness (QED) is 0.722. The number of nitrogens with one attached hydrogen (secondary N) is 1. The Morgan fingerprint density at radius 1 is 1.30 bits per heavy atom. The van der Waals surface area contributed by atoms with Gasteiger partial charge in [0, 0.05) is 18.2 Å². The fourth-order valence-corrected chi connectivity index (χ4v) is 4.40. The number of benzene rings is 1. The van der Waals surface area contributed by atoms with Crippen molar-refractivity contribution in [2.24, 2.45) is 0 Å². The average Bonchev–Trinajstić information content (AvgIpc) is 3.17. The molecule has 1 N–H and O–H groups in total. The molecule has 146 valence electrons. The summed E-state index contributed by atoms with van der Waals surface area (Å²) in [6.45, 7) is 4.78. The number of ether oxygens (including phenoxy) is 1. The zero-order valence-electron chi connectivity index (χ0n) is 16.3. The maximum absolute atomic E-state index is 13.0. The Morgan fingerprint density at radius 3 is 2.63 bits per heavy atom. The Kier molecular flexibility index (Phi) is 6.77. The second-order valence-electron chi connectivity index (χ2n) is 6.87. The molecule has 1 aromatic heterocycles. The van der Waals surface area contributed by atoms with E-state index in [1.807, 2.05) is 36.1 Å². The standard InChI is InChI=1S/C20H28N4O2S/c1-4-24(16-8-6-5-7-9-16)19(25)14(2)27-20-21-18(22-23-20)15-10-12-17(26-3)13-11-15/h10-14,16H,4-9H2,1-3H3,(H,21,22,23)/t14-/m1/s1. The van der Waals surface area contributed by atoms with Crippen LogP contribution in [-0.4, -0.2) is 50.9 Å². The van der Waals surface area contributed by atoms with Crippen molar-refractivity contribution in [2.45, 2.75) is 62.4 Å². The molecule has 2 aromatic rings. The van der Waals surface area contributed by atoms with Crippen LogP contribution in [0.25, 0.3) is 11.4 Å². The molecule has 0 spiro atoms. The van der Waals surface area contributed by atoms with Crippen LogP contribution < -0.4 is 4.74 Å². The monoisotopic (exact) mass is 388 g/mol. The van der Waals surface area contributed by atoms with Crippen LogP contribution in [0.5, 0.6) is 5.75 Å². The molecule has 0 unspecified atom stereocenters. The maximum atomic E-state index is 13.0. The third-order valence-electron chi connectivity index (χ3n) is 5.10. The number of carbonyl (C=O) groups is 1. The molecule has 1 saturated carbocycles. The van der Waals surface area contributed by atoms with E-state index in [0.29, 0.717) is 17.0 Å². The van der Waals surface area contributed by atoms with E-state index in [-0.39, 0.29) is 11.2 Å². The molecule has 6 nitrogen and oxygen atoms in total. The lowest BCUT2D eigenvalue weighted by molar-refractivity contribution is -0.133. The SMILES string of the molecule is CCN(C(=O)[C@@H](C)Sc1n[nH]c(-c2ccc(OC)cc2)n1)C1CCCCC1. The first-order valence-corrected chi connectivity index (χ1v) is 10.5. The van der Waals surface area contributed by atoms with Crippen molar-refractivity contribution in [3.05, 3.63) is 24.3 Å². The number of amides is 1. The first kappa shape index (κ1) is 19.7. The highest BCUT2D eigenvalue weighted by molar-refractivity contribution is 8.00. The Balaban J connectivity index is 1.63. The third kappa shape index (κ3) is 4.83. The van der Waals surface area contributed by atoms with Gasteiger partial charge in [-0.2, -0.15) is 0 Å². The summed E-state index contributed by atoms with van der Waals surface area (Å²) in [6, 6.07) is 8.04. The molecular weight excluding hydrogens is 360 g/mol. The lowest BCUT2D eigenvalue weighted by Crippen LogP contribution is -2.44. The molecule has 1 aliphatic carbocycles. The summed E-state index contributed by atoms with van der Waals surface area (Å²) in [7, 11) is 1.64. The number of thioether (sulfide) groups is 1. The molecule has 1 aliphatic rings. The minimum atomic E-state index is -0.202. The van der Waals surface area contributed by atoms with Gasteiger partial charge < -0.3 is 9.64 Å². The first-order chi connectivity index (χ1) is 13.1. The van der Waals surface area contributed by atoms with Gasteiger partial charge in [0.15, 0.2) is 5.82 Å². The van der Waals surface area contributed by atoms with E-state index >= 15 is 0 Å². The fourth-order valence-electron chi connectivity index (χ4n) is 3.61. The summed E-state index contributed by atoms with van der Waals surface area (Å²) in [6.07, 6.45) is 5.99. The summed E-state index contributed by atoms with van der Waals surface area (Å²) in [5.74, 6) is 1.68. The molecule has 1 atom stereocenters. The van der Waals surface area contributed by atoms with Gasteiger partial charge in [-0.05, 0) is 51.0 Å². The largest absolute Gasteiger partial charge is 0.497 e. The van der Waals surface area contributed by atoms with Crippen molar-refractivity contribution in [1.29, 1.82) is 0 Å². The van der Waals surface area contributed by atoms with Gasteiger partial charge in [0.25, 0.3) is 0 Å². The van der Waals surface area contributed by atoms with Gasteiger partial charge in [0.2, 0.25) is 11.1 Å². The molecule has 1 aromatic carbocycles. The van der Waals surface area contributed by atoms with Crippen LogP contribution in [0.1, 0.15) is 46.0 Å². The maximum Gasteiger partial charge on any atom is 0.236 e. The second kappa shape index (κ2) is 9.26. The number of hydrogen-bond acceptors (Lipinski definition) is 5. The molecule has 0 bridgehead atoms. The van der Waals surface area contributed by atoms with Crippen molar-refractivity contribution in [3.8, 4) is 17.1 Å². The van der Waals surface area contributed by atoms with Crippen molar-refractivity contribution >= 4 is 17.7 Å². The van der Waals surface area contributed by atoms with E-state index in [9.17, 15) is 4.79 Å². The van der Waals surface area contributed by atoms with E-state index in [4.69, 9.17) is 4.74 Å². The smallest absolute Gasteiger partial charge is 0.236 e. The van der Waals surface area contributed by atoms with E-state index in [1.54, 1.807) is 7.11 Å². The minimum absolute atomic E-state index is 0.185. The Hall–Kier alpha value is -2.02. The van der Waals surface area contributed by atoms with E-state index in [1.165, 1.54) is 31.0 Å². The summed E-state index contributed by atoms with van der Waals surface area (Å²) in [5.41, 5.74) is 0.937. The number of aromatic nitrogens is 3. The van der Waals surface area contributed by atoms with Gasteiger partial charge >= 0.3 is 0 Å². The Labute approximate surface area is 165 Å². The van der Waals surface area contributed by atoms with Gasteiger partial charge in [0.1, 0.15) is 5.75 Å². The topological polar surface area (TPSA) is 71.1 Å². The zero-order chi connectivity index (χ0) is 19.2. The van der Waals surface area contributed by atoms with Gasteiger partial charge in [-0.25, -0.2) is 4.98 Å². The van der Waals surface area contributed by atoms with Crippen molar-refractivity contribution in [2.75, 3.05) is 13.7 Å². The molecule has 27 heavy (non-hydrogen) atoms. The molecule has 7 heteroatoms. The summed E-state index contributed by atoms with van der Waals surface area (Å²) < 4.78 is 5.18. The first-order valence-electron chi connectivity index (χ1n) is 9.66. The van der Waals surface area contributed by atoms with Gasteiger partial charge in [-0.1, -0.05) is 31.0 Å². The molecule has 3 rings (SSSR count). The van der Waals surface area contributed by atoms with Gasteiger partial charge in [0.05, 0.1) is 12.4 Å². The fraction of sp³-hybridized carbons (Fsp3) is 0.550. The number of carbonyl (C=O) groups excluding carboxylic acids is 1. The highest BCUT2D eigenvalue weighted by atomic mass is 32.2. The van der Waals surface area contributed by atoms with Crippen LogP contribution in [0.15, 0.2) is 29.4 Å². The molecule has 1 heterocycles. The normalized spacial score (nSPS) is 16.1. The van der Waals surface area contributed by atoms with Gasteiger partial charge in [-0.15, -0.1) is 5.10 Å². The summed E-state index contributed by atoms with van der Waals surface area (Å²) in [5, 5.41) is 7.64. The number of methoxy groups -OCH3 is 1. The predicted molar refractivity (Wildman–Crippen MR) is 108 cm³/mol. The molecule has 0 radical (unpaired) electrons. The average molecular weight is 389 g/mol. The molecule has 1 amide bonds. The third-order valence-corrected chi connectivity index (χ3v) is 6.05. The number of hydrogen-bond donors (Lipinski definition) is 1. The van der Waals surface area contributed by atoms with Crippen LogP contribution in [0.3, 0.4) is 0 Å².